The number of aromatic nitrogens is 2. The summed E-state index contributed by atoms with van der Waals surface area (Å²) in [6.07, 6.45) is 1.89. The molecular formula is C17H15N5O2S3. The van der Waals surface area contributed by atoms with Crippen LogP contribution in [0.25, 0.3) is 0 Å². The van der Waals surface area contributed by atoms with E-state index >= 15 is 0 Å². The van der Waals surface area contributed by atoms with Crippen molar-refractivity contribution >= 4 is 45.4 Å². The van der Waals surface area contributed by atoms with E-state index in [0.29, 0.717) is 40.6 Å². The number of rotatable bonds is 4. The van der Waals surface area contributed by atoms with Crippen molar-refractivity contribution in [3.63, 3.8) is 0 Å². The van der Waals surface area contributed by atoms with E-state index in [1.54, 1.807) is 11.8 Å². The van der Waals surface area contributed by atoms with Gasteiger partial charge in [-0.05, 0) is 23.4 Å². The second kappa shape index (κ2) is 7.34. The van der Waals surface area contributed by atoms with Gasteiger partial charge in [-0.3, -0.25) is 4.79 Å². The first-order chi connectivity index (χ1) is 13.1. The largest absolute Gasteiger partial charge is 0.444 e. The lowest BCUT2D eigenvalue weighted by Gasteiger charge is -2.30. The van der Waals surface area contributed by atoms with Crippen LogP contribution in [0.2, 0.25) is 0 Å². The molecule has 0 radical (unpaired) electrons. The number of allylic oxidation sites excluding steroid dienone is 3. The molecule has 2 aliphatic rings. The lowest BCUT2D eigenvalue weighted by Crippen LogP contribution is -2.27. The molecule has 0 amide bonds. The molecule has 4 rings (SSSR count). The van der Waals surface area contributed by atoms with Crippen molar-refractivity contribution < 1.29 is 9.53 Å². The fourth-order valence-corrected chi connectivity index (χ4v) is 5.89. The van der Waals surface area contributed by atoms with Gasteiger partial charge < -0.3 is 16.2 Å². The Balaban J connectivity index is 1.63. The maximum atomic E-state index is 12.6. The summed E-state index contributed by atoms with van der Waals surface area (Å²) < 4.78 is 6.41. The molecule has 1 aliphatic heterocycles. The van der Waals surface area contributed by atoms with Gasteiger partial charge in [0.1, 0.15) is 17.4 Å². The van der Waals surface area contributed by atoms with Gasteiger partial charge in [0.05, 0.1) is 5.92 Å². The smallest absolute Gasteiger partial charge is 0.205 e. The summed E-state index contributed by atoms with van der Waals surface area (Å²) in [6, 6.07) is 4.16. The maximum Gasteiger partial charge on any atom is 0.205 e. The van der Waals surface area contributed by atoms with E-state index in [1.165, 1.54) is 22.7 Å². The van der Waals surface area contributed by atoms with Crippen LogP contribution in [-0.4, -0.2) is 16.0 Å². The quantitative estimate of drug-likeness (QED) is 0.725. The topological polar surface area (TPSA) is 128 Å². The molecule has 0 saturated carbocycles. The summed E-state index contributed by atoms with van der Waals surface area (Å²) in [5.41, 5.74) is 13.6. The molecular weight excluding hydrogens is 402 g/mol. The number of hydrogen-bond acceptors (Lipinski definition) is 10. The second-order valence-corrected chi connectivity index (χ2v) is 9.26. The highest BCUT2D eigenvalue weighted by molar-refractivity contribution is 8.00. The Hall–Kier alpha value is -2.35. The van der Waals surface area contributed by atoms with E-state index < -0.39 is 5.92 Å². The average Bonchev–Trinajstić information content (AvgIpc) is 3.28. The van der Waals surface area contributed by atoms with Gasteiger partial charge in [-0.1, -0.05) is 23.1 Å². The van der Waals surface area contributed by atoms with Crippen LogP contribution in [0.4, 0.5) is 5.13 Å². The van der Waals surface area contributed by atoms with Crippen LogP contribution in [0.3, 0.4) is 0 Å². The molecule has 4 N–H and O–H groups in total. The maximum absolute atomic E-state index is 12.6. The number of ketones is 1. The van der Waals surface area contributed by atoms with E-state index in [-0.39, 0.29) is 11.7 Å². The number of nitrogens with zero attached hydrogens (tertiary/aromatic N) is 3. The zero-order chi connectivity index (χ0) is 19.0. The fourth-order valence-electron chi connectivity index (χ4n) is 3.19. The number of nitrogen functional groups attached to an aromatic ring is 1. The minimum absolute atomic E-state index is 0.0372. The summed E-state index contributed by atoms with van der Waals surface area (Å²) in [7, 11) is 0. The summed E-state index contributed by atoms with van der Waals surface area (Å²) in [5, 5.41) is 19.9. The molecule has 7 nitrogen and oxygen atoms in total. The predicted molar refractivity (Wildman–Crippen MR) is 105 cm³/mol. The lowest BCUT2D eigenvalue weighted by molar-refractivity contribution is -0.116. The Morgan fingerprint density at radius 2 is 2.22 bits per heavy atom. The standard InChI is InChI=1S/C17H15N5O2S3/c18-5-9-13(14-10(23)2-1-3-11(14)24-15(9)19)12-4-8(6-25-12)7-26-17-22-21-16(20)27-17/h4,6,13H,1-3,7,19H2,(H2,20,21). The third-order valence-corrected chi connectivity index (χ3v) is 7.35. The lowest BCUT2D eigenvalue weighted by atomic mass is 9.80. The normalized spacial score (nSPS) is 19.7. The first-order valence-electron chi connectivity index (χ1n) is 8.19. The van der Waals surface area contributed by atoms with Gasteiger partial charge >= 0.3 is 0 Å². The molecule has 1 unspecified atom stereocenters. The number of carbonyl (C=O) groups excluding carboxylic acids is 1. The van der Waals surface area contributed by atoms with Crippen molar-refractivity contribution in [2.24, 2.45) is 5.73 Å². The number of thiophene rings is 1. The van der Waals surface area contributed by atoms with Crippen molar-refractivity contribution in [2.45, 2.75) is 35.3 Å². The molecule has 2 aromatic heterocycles. The van der Waals surface area contributed by atoms with Crippen LogP contribution in [0.15, 0.2) is 38.6 Å². The van der Waals surface area contributed by atoms with Crippen LogP contribution in [0.1, 0.15) is 35.6 Å². The zero-order valence-electron chi connectivity index (χ0n) is 14.1. The summed E-state index contributed by atoms with van der Waals surface area (Å²) >= 11 is 4.42. The van der Waals surface area contributed by atoms with E-state index in [9.17, 15) is 10.1 Å². The third kappa shape index (κ3) is 3.45. The molecule has 0 saturated heterocycles. The summed E-state index contributed by atoms with van der Waals surface area (Å²) in [4.78, 5) is 13.5. The van der Waals surface area contributed by atoms with Gasteiger partial charge in [0, 0.05) is 29.0 Å². The number of ether oxygens (including phenoxy) is 1. The minimum Gasteiger partial charge on any atom is -0.444 e. The Morgan fingerprint density at radius 1 is 1.37 bits per heavy atom. The molecule has 0 aromatic carbocycles. The minimum atomic E-state index is -0.438. The molecule has 10 heteroatoms. The SMILES string of the molecule is N#CC1=C(N)OC2=C(C(=O)CCC2)C1c1cc(CSc2nnc(N)s2)cs1. The molecule has 1 atom stereocenters. The van der Waals surface area contributed by atoms with Crippen molar-refractivity contribution in [1.82, 2.24) is 10.2 Å². The zero-order valence-corrected chi connectivity index (χ0v) is 16.5. The van der Waals surface area contributed by atoms with Crippen molar-refractivity contribution in [2.75, 3.05) is 5.73 Å². The third-order valence-electron chi connectivity index (χ3n) is 4.35. The van der Waals surface area contributed by atoms with Gasteiger partial charge in [0.25, 0.3) is 0 Å². The summed E-state index contributed by atoms with van der Waals surface area (Å²) in [5.74, 6) is 1.02. The Kier molecular flexibility index (Phi) is 4.90. The van der Waals surface area contributed by atoms with Gasteiger partial charge in [0.2, 0.25) is 11.0 Å². The van der Waals surface area contributed by atoms with E-state index in [2.05, 4.69) is 16.3 Å². The van der Waals surface area contributed by atoms with Crippen LogP contribution >= 0.6 is 34.4 Å². The molecule has 1 aliphatic carbocycles. The van der Waals surface area contributed by atoms with Gasteiger partial charge in [-0.15, -0.1) is 21.5 Å². The van der Waals surface area contributed by atoms with E-state index in [0.717, 1.165) is 21.2 Å². The number of nitrogens with two attached hydrogens (primary N) is 2. The van der Waals surface area contributed by atoms with E-state index in [4.69, 9.17) is 16.2 Å². The van der Waals surface area contributed by atoms with Crippen LogP contribution in [0.5, 0.6) is 0 Å². The number of hydrogen-bond donors (Lipinski definition) is 2. The molecule has 0 spiro atoms. The average molecular weight is 418 g/mol. The van der Waals surface area contributed by atoms with E-state index in [1.807, 2.05) is 11.4 Å². The first kappa shape index (κ1) is 18.0. The molecule has 0 bridgehead atoms. The Morgan fingerprint density at radius 3 is 2.96 bits per heavy atom. The number of carbonyl (C=O) groups is 1. The molecule has 3 heterocycles. The monoisotopic (exact) mass is 417 g/mol. The number of Topliss-reactive ketones (excluding diaryl/α,β-unsaturated/α-hetero) is 1. The van der Waals surface area contributed by atoms with Crippen molar-refractivity contribution in [1.29, 1.82) is 5.26 Å². The van der Waals surface area contributed by atoms with Gasteiger partial charge in [0.15, 0.2) is 10.1 Å². The molecule has 138 valence electrons. The predicted octanol–water partition coefficient (Wildman–Crippen LogP) is 3.29. The summed E-state index contributed by atoms with van der Waals surface area (Å²) in [6.45, 7) is 0. The van der Waals surface area contributed by atoms with Crippen LogP contribution in [0, 0.1) is 11.3 Å². The second-order valence-electron chi connectivity index (χ2n) is 6.09. The van der Waals surface area contributed by atoms with Crippen LogP contribution < -0.4 is 11.5 Å². The van der Waals surface area contributed by atoms with Crippen molar-refractivity contribution in [3.05, 3.63) is 44.7 Å². The molecule has 0 fully saturated rings. The molecule has 2 aromatic rings. The Bertz CT molecular complexity index is 1010. The highest BCUT2D eigenvalue weighted by Gasteiger charge is 2.38. The van der Waals surface area contributed by atoms with Crippen LogP contribution in [-0.2, 0) is 15.3 Å². The number of nitriles is 1. The number of anilines is 1. The van der Waals surface area contributed by atoms with Gasteiger partial charge in [-0.2, -0.15) is 5.26 Å². The highest BCUT2D eigenvalue weighted by Crippen LogP contribution is 2.45. The van der Waals surface area contributed by atoms with Gasteiger partial charge in [-0.25, -0.2) is 0 Å². The molecule has 27 heavy (non-hydrogen) atoms. The first-order valence-corrected chi connectivity index (χ1v) is 10.9. The van der Waals surface area contributed by atoms with Crippen molar-refractivity contribution in [3.8, 4) is 6.07 Å². The number of thioether (sulfide) groups is 1. The highest BCUT2D eigenvalue weighted by atomic mass is 32.2. The Labute approximate surface area is 167 Å². The fraction of sp³-hybridized carbons (Fsp3) is 0.294.